The van der Waals surface area contributed by atoms with Gasteiger partial charge < -0.3 is 4.43 Å². The Morgan fingerprint density at radius 1 is 1.25 bits per heavy atom. The van der Waals surface area contributed by atoms with Crippen LogP contribution in [0.4, 0.5) is 0 Å². The van der Waals surface area contributed by atoms with Crippen molar-refractivity contribution in [2.45, 2.75) is 111 Å². The van der Waals surface area contributed by atoms with E-state index in [0.29, 0.717) is 12.0 Å². The Kier molecular flexibility index (Phi) is 6.93. The van der Waals surface area contributed by atoms with Gasteiger partial charge in [0.15, 0.2) is 8.32 Å². The standard InChI is InChI=1S/C25H44O2Si/c1-19(2)11-10-15-25(7)21-13-12-20(18-26)17-24(21,6)16-14-22(25)27-28(8,9)23(3,4)5/h11,17-18,21-22H,10,12-16H2,1-9H3/t21-,22+,24+,25+/m1/s1. The average molecular weight is 405 g/mol. The van der Waals surface area contributed by atoms with Crippen molar-refractivity contribution in [3.05, 3.63) is 23.3 Å². The molecule has 2 rings (SSSR count). The summed E-state index contributed by atoms with van der Waals surface area (Å²) in [6.07, 6.45) is 12.7. The average Bonchev–Trinajstić information content (AvgIpc) is 2.55. The molecule has 0 amide bonds. The first-order chi connectivity index (χ1) is 12.7. The Balaban J connectivity index is 2.39. The van der Waals surface area contributed by atoms with Crippen molar-refractivity contribution in [3.63, 3.8) is 0 Å². The molecule has 0 unspecified atom stereocenters. The van der Waals surface area contributed by atoms with Crippen molar-refractivity contribution in [2.24, 2.45) is 16.7 Å². The van der Waals surface area contributed by atoms with Crippen molar-refractivity contribution >= 4 is 14.6 Å². The molecule has 0 N–H and O–H groups in total. The first-order valence-corrected chi connectivity index (χ1v) is 14.1. The van der Waals surface area contributed by atoms with E-state index in [1.54, 1.807) is 0 Å². The van der Waals surface area contributed by atoms with E-state index in [1.807, 2.05) is 0 Å². The van der Waals surface area contributed by atoms with E-state index in [4.69, 9.17) is 4.43 Å². The van der Waals surface area contributed by atoms with Crippen LogP contribution in [0.15, 0.2) is 23.3 Å². The van der Waals surface area contributed by atoms with Crippen molar-refractivity contribution in [1.29, 1.82) is 0 Å². The van der Waals surface area contributed by atoms with Gasteiger partial charge in [-0.3, -0.25) is 4.79 Å². The molecular formula is C25H44O2Si. The highest BCUT2D eigenvalue weighted by Gasteiger charge is 2.55. The van der Waals surface area contributed by atoms with E-state index in [-0.39, 0.29) is 15.9 Å². The summed E-state index contributed by atoms with van der Waals surface area (Å²) in [6, 6.07) is 0. The van der Waals surface area contributed by atoms with Gasteiger partial charge >= 0.3 is 0 Å². The summed E-state index contributed by atoms with van der Waals surface area (Å²) < 4.78 is 7.09. The minimum absolute atomic E-state index is 0.126. The van der Waals surface area contributed by atoms with Gasteiger partial charge in [-0.25, -0.2) is 0 Å². The van der Waals surface area contributed by atoms with Gasteiger partial charge in [0, 0.05) is 0 Å². The Hall–Kier alpha value is -0.673. The van der Waals surface area contributed by atoms with Crippen LogP contribution in [0.3, 0.4) is 0 Å². The molecule has 0 spiro atoms. The molecule has 0 aliphatic heterocycles. The van der Waals surface area contributed by atoms with Gasteiger partial charge in [0.2, 0.25) is 0 Å². The summed E-state index contributed by atoms with van der Waals surface area (Å²) in [5.74, 6) is 0.581. The molecule has 0 radical (unpaired) electrons. The first kappa shape index (κ1) is 23.6. The maximum absolute atomic E-state index is 11.5. The van der Waals surface area contributed by atoms with Gasteiger partial charge in [-0.1, -0.05) is 52.3 Å². The van der Waals surface area contributed by atoms with Crippen LogP contribution < -0.4 is 0 Å². The largest absolute Gasteiger partial charge is 0.413 e. The highest BCUT2D eigenvalue weighted by Crippen LogP contribution is 2.60. The van der Waals surface area contributed by atoms with Gasteiger partial charge in [0.25, 0.3) is 0 Å². The molecule has 3 heteroatoms. The third kappa shape index (κ3) is 4.72. The fourth-order valence-corrected chi connectivity index (χ4v) is 6.84. The molecule has 28 heavy (non-hydrogen) atoms. The van der Waals surface area contributed by atoms with Crippen LogP contribution in [-0.4, -0.2) is 20.7 Å². The highest BCUT2D eigenvalue weighted by atomic mass is 28.4. The van der Waals surface area contributed by atoms with Crippen molar-refractivity contribution in [1.82, 2.24) is 0 Å². The van der Waals surface area contributed by atoms with Crippen LogP contribution in [0, 0.1) is 16.7 Å². The summed E-state index contributed by atoms with van der Waals surface area (Å²) in [5.41, 5.74) is 2.69. The third-order valence-electron chi connectivity index (χ3n) is 8.14. The molecule has 2 aliphatic rings. The van der Waals surface area contributed by atoms with E-state index < -0.39 is 8.32 Å². The highest BCUT2D eigenvalue weighted by molar-refractivity contribution is 6.74. The number of hydrogen-bond acceptors (Lipinski definition) is 2. The summed E-state index contributed by atoms with van der Waals surface area (Å²) in [7, 11) is -1.83. The predicted molar refractivity (Wildman–Crippen MR) is 123 cm³/mol. The molecule has 2 aliphatic carbocycles. The van der Waals surface area contributed by atoms with Crippen molar-refractivity contribution in [3.8, 4) is 0 Å². The number of rotatable bonds is 6. The maximum atomic E-state index is 11.5. The SMILES string of the molecule is CC(C)=CCC[C@]1(C)[C@@H](O[Si](C)(C)C(C)(C)C)CC[C@@]2(C)C=C(C=O)CC[C@@H]12. The van der Waals surface area contributed by atoms with Gasteiger partial charge in [0.05, 0.1) is 6.10 Å². The van der Waals surface area contributed by atoms with Gasteiger partial charge in [-0.2, -0.15) is 0 Å². The second-order valence-corrected chi connectivity index (χ2v) is 16.4. The zero-order chi connectivity index (χ0) is 21.4. The molecule has 4 atom stereocenters. The molecule has 160 valence electrons. The van der Waals surface area contributed by atoms with Crippen LogP contribution in [0.5, 0.6) is 0 Å². The second kappa shape index (κ2) is 8.22. The minimum atomic E-state index is -1.83. The topological polar surface area (TPSA) is 26.3 Å². The lowest BCUT2D eigenvalue weighted by atomic mass is 9.50. The smallest absolute Gasteiger partial charge is 0.192 e. The molecule has 0 heterocycles. The Bertz CT molecular complexity index is 635. The number of carbonyl (C=O) groups excluding carboxylic acids is 1. The zero-order valence-electron chi connectivity index (χ0n) is 19.9. The molecule has 0 bridgehead atoms. The lowest BCUT2D eigenvalue weighted by Gasteiger charge is -2.58. The predicted octanol–water partition coefficient (Wildman–Crippen LogP) is 7.46. The van der Waals surface area contributed by atoms with Crippen LogP contribution in [0.1, 0.15) is 87.0 Å². The monoisotopic (exact) mass is 404 g/mol. The second-order valence-electron chi connectivity index (χ2n) is 11.7. The number of hydrogen-bond donors (Lipinski definition) is 0. The van der Waals surface area contributed by atoms with Crippen LogP contribution in [0.25, 0.3) is 0 Å². The number of allylic oxidation sites excluding steroid dienone is 4. The molecule has 0 aromatic rings. The van der Waals surface area contributed by atoms with Gasteiger partial charge in [-0.05, 0) is 92.8 Å². The Morgan fingerprint density at radius 3 is 2.43 bits per heavy atom. The fourth-order valence-electron chi connectivity index (χ4n) is 5.39. The Morgan fingerprint density at radius 2 is 1.89 bits per heavy atom. The molecule has 1 saturated carbocycles. The lowest BCUT2D eigenvalue weighted by Crippen LogP contribution is -2.56. The van der Waals surface area contributed by atoms with Crippen molar-refractivity contribution in [2.75, 3.05) is 0 Å². The van der Waals surface area contributed by atoms with Gasteiger partial charge in [-0.15, -0.1) is 0 Å². The molecule has 0 aromatic carbocycles. The van der Waals surface area contributed by atoms with E-state index >= 15 is 0 Å². The molecule has 0 aromatic heterocycles. The van der Waals surface area contributed by atoms with Crippen LogP contribution in [-0.2, 0) is 9.22 Å². The van der Waals surface area contributed by atoms with Gasteiger partial charge in [0.1, 0.15) is 6.29 Å². The molecule has 0 saturated heterocycles. The number of carbonyl (C=O) groups is 1. The molecule has 1 fully saturated rings. The van der Waals surface area contributed by atoms with Crippen molar-refractivity contribution < 1.29 is 9.22 Å². The molecule has 2 nitrogen and oxygen atoms in total. The summed E-state index contributed by atoms with van der Waals surface area (Å²) in [5, 5.41) is 0.228. The van der Waals surface area contributed by atoms with E-state index in [0.717, 1.165) is 44.0 Å². The zero-order valence-corrected chi connectivity index (χ0v) is 20.9. The normalized spacial score (nSPS) is 33.7. The van der Waals surface area contributed by atoms with E-state index in [2.05, 4.69) is 73.7 Å². The Labute approximate surface area is 175 Å². The number of aldehydes is 1. The first-order valence-electron chi connectivity index (χ1n) is 11.2. The quantitative estimate of drug-likeness (QED) is 0.261. The van der Waals surface area contributed by atoms with Crippen LogP contribution >= 0.6 is 0 Å². The third-order valence-corrected chi connectivity index (χ3v) is 12.6. The maximum Gasteiger partial charge on any atom is 0.192 e. The lowest BCUT2D eigenvalue weighted by molar-refractivity contribution is -0.107. The van der Waals surface area contributed by atoms with E-state index in [1.165, 1.54) is 12.0 Å². The fraction of sp³-hybridized carbons (Fsp3) is 0.800. The molecular weight excluding hydrogens is 360 g/mol. The van der Waals surface area contributed by atoms with Crippen LogP contribution in [0.2, 0.25) is 18.1 Å². The summed E-state index contributed by atoms with van der Waals surface area (Å²) >= 11 is 0. The summed E-state index contributed by atoms with van der Waals surface area (Å²) in [6.45, 7) is 21.1. The minimum Gasteiger partial charge on any atom is -0.413 e. The summed E-state index contributed by atoms with van der Waals surface area (Å²) in [4.78, 5) is 11.5. The van der Waals surface area contributed by atoms with E-state index in [9.17, 15) is 4.79 Å². The number of fused-ring (bicyclic) bond motifs is 1.